The molecule has 0 unspecified atom stereocenters. The molecule has 0 saturated heterocycles. The van der Waals surface area contributed by atoms with Crippen molar-refractivity contribution in [1.82, 2.24) is 15.3 Å². The second kappa shape index (κ2) is 11.0. The van der Waals surface area contributed by atoms with Gasteiger partial charge in [0.2, 0.25) is 0 Å². The second-order valence-electron chi connectivity index (χ2n) is 8.13. The Bertz CT molecular complexity index is 1130. The summed E-state index contributed by atoms with van der Waals surface area (Å²) in [6, 6.07) is 11.1. The number of hydrogen-bond donors (Lipinski definition) is 3. The van der Waals surface area contributed by atoms with Crippen LogP contribution in [-0.4, -0.2) is 34.5 Å². The molecule has 0 radical (unpaired) electrons. The minimum absolute atomic E-state index is 0.0514. The van der Waals surface area contributed by atoms with Crippen LogP contribution in [0.4, 0.5) is 5.82 Å². The van der Waals surface area contributed by atoms with Gasteiger partial charge in [-0.3, -0.25) is 9.59 Å². The number of nitrogens with zero attached hydrogens (tertiary/aromatic N) is 1. The average molecular weight is 469 g/mol. The van der Waals surface area contributed by atoms with Crippen LogP contribution in [0.5, 0.6) is 0 Å². The normalized spacial score (nSPS) is 11.8. The van der Waals surface area contributed by atoms with Crippen molar-refractivity contribution in [2.75, 3.05) is 11.9 Å². The van der Waals surface area contributed by atoms with Gasteiger partial charge >= 0.3 is 5.97 Å². The molecule has 2 aromatic heterocycles. The summed E-state index contributed by atoms with van der Waals surface area (Å²) in [6.45, 7) is 7.80. The van der Waals surface area contributed by atoms with Crippen LogP contribution in [0.25, 0.3) is 11.1 Å². The number of aromatic nitrogens is 2. The van der Waals surface area contributed by atoms with Crippen LogP contribution in [0.15, 0.2) is 48.8 Å². The minimum atomic E-state index is -0.481. The van der Waals surface area contributed by atoms with Crippen molar-refractivity contribution in [2.45, 2.75) is 46.2 Å². The largest absolute Gasteiger partial charge is 0.463 e. The highest BCUT2D eigenvalue weighted by Gasteiger charge is 2.20. The Kier molecular flexibility index (Phi) is 8.11. The zero-order valence-corrected chi connectivity index (χ0v) is 20.0. The van der Waals surface area contributed by atoms with Gasteiger partial charge in [-0.05, 0) is 38.5 Å². The van der Waals surface area contributed by atoms with E-state index in [1.165, 1.54) is 0 Å². The van der Waals surface area contributed by atoms with Crippen LogP contribution in [0, 0.1) is 6.92 Å². The number of H-pyrrole nitrogens is 1. The second-order valence-corrected chi connectivity index (χ2v) is 8.53. The standard InChI is InChI=1S/C25H29ClN4O3/c1-5-24(31)33-14-22(17-8-6-7-16(4)9-17)30-25(32)21-10-18(12-27-21)19-11-23(29-15(2)3)28-13-20(19)26/h6-13,15,22,27H,5,14H2,1-4H3,(H,28,29)(H,30,32)/t22-/m1/s1. The summed E-state index contributed by atoms with van der Waals surface area (Å²) in [5, 5.41) is 6.70. The number of hydrogen-bond acceptors (Lipinski definition) is 5. The number of aromatic amines is 1. The van der Waals surface area contributed by atoms with Crippen molar-refractivity contribution in [1.29, 1.82) is 0 Å². The van der Waals surface area contributed by atoms with Crippen LogP contribution < -0.4 is 10.6 Å². The van der Waals surface area contributed by atoms with Gasteiger partial charge in [-0.15, -0.1) is 0 Å². The molecule has 0 aliphatic carbocycles. The average Bonchev–Trinajstić information content (AvgIpc) is 3.27. The van der Waals surface area contributed by atoms with Crippen molar-refractivity contribution in [2.24, 2.45) is 0 Å². The summed E-state index contributed by atoms with van der Waals surface area (Å²) in [4.78, 5) is 32.0. The van der Waals surface area contributed by atoms with E-state index in [4.69, 9.17) is 16.3 Å². The Hall–Kier alpha value is -3.32. The van der Waals surface area contributed by atoms with Crippen LogP contribution >= 0.6 is 11.6 Å². The molecule has 0 fully saturated rings. The van der Waals surface area contributed by atoms with E-state index >= 15 is 0 Å². The van der Waals surface area contributed by atoms with E-state index in [2.05, 4.69) is 20.6 Å². The number of ether oxygens (including phenoxy) is 1. The Labute approximate surface area is 198 Å². The molecule has 0 bridgehead atoms. The third-order valence-electron chi connectivity index (χ3n) is 4.98. The van der Waals surface area contributed by atoms with Gasteiger partial charge in [-0.1, -0.05) is 48.4 Å². The third-order valence-corrected chi connectivity index (χ3v) is 5.28. The van der Waals surface area contributed by atoms with Crippen LogP contribution in [-0.2, 0) is 9.53 Å². The number of esters is 1. The van der Waals surface area contributed by atoms with Gasteiger partial charge in [0.1, 0.15) is 18.1 Å². The van der Waals surface area contributed by atoms with Crippen molar-refractivity contribution in [3.63, 3.8) is 0 Å². The lowest BCUT2D eigenvalue weighted by atomic mass is 10.0. The summed E-state index contributed by atoms with van der Waals surface area (Å²) in [5.41, 5.74) is 3.81. The van der Waals surface area contributed by atoms with E-state index in [0.717, 1.165) is 22.3 Å². The van der Waals surface area contributed by atoms with E-state index in [0.29, 0.717) is 16.5 Å². The highest BCUT2D eigenvalue weighted by Crippen LogP contribution is 2.30. The van der Waals surface area contributed by atoms with Crippen molar-refractivity contribution >= 4 is 29.3 Å². The first-order chi connectivity index (χ1) is 15.8. The molecule has 7 nitrogen and oxygen atoms in total. The fraction of sp³-hybridized carbons (Fsp3) is 0.320. The molecule has 0 aliphatic heterocycles. The molecule has 0 spiro atoms. The maximum Gasteiger partial charge on any atom is 0.305 e. The summed E-state index contributed by atoms with van der Waals surface area (Å²) < 4.78 is 5.32. The van der Waals surface area contributed by atoms with E-state index < -0.39 is 6.04 Å². The number of halogens is 1. The number of carbonyl (C=O) groups is 2. The lowest BCUT2D eigenvalue weighted by Gasteiger charge is -2.19. The Balaban J connectivity index is 1.81. The molecule has 0 saturated carbocycles. The predicted octanol–water partition coefficient (Wildman–Crippen LogP) is 5.28. The monoisotopic (exact) mass is 468 g/mol. The number of pyridine rings is 1. The number of aryl methyl sites for hydroxylation is 1. The van der Waals surface area contributed by atoms with E-state index in [1.807, 2.05) is 51.1 Å². The quantitative estimate of drug-likeness (QED) is 0.371. The smallest absolute Gasteiger partial charge is 0.305 e. The predicted molar refractivity (Wildman–Crippen MR) is 130 cm³/mol. The lowest BCUT2D eigenvalue weighted by molar-refractivity contribution is -0.144. The third kappa shape index (κ3) is 6.58. The Morgan fingerprint density at radius 1 is 1.21 bits per heavy atom. The first-order valence-electron chi connectivity index (χ1n) is 10.9. The van der Waals surface area contributed by atoms with Crippen molar-refractivity contribution in [3.8, 4) is 11.1 Å². The molecule has 1 atom stereocenters. The maximum atomic E-state index is 13.0. The highest BCUT2D eigenvalue weighted by atomic mass is 35.5. The summed E-state index contributed by atoms with van der Waals surface area (Å²) in [7, 11) is 0. The molecule has 1 amide bonds. The highest BCUT2D eigenvalue weighted by molar-refractivity contribution is 6.33. The van der Waals surface area contributed by atoms with Crippen molar-refractivity contribution in [3.05, 3.63) is 70.6 Å². The SMILES string of the molecule is CCC(=O)OC[C@@H](NC(=O)c1cc(-c2cc(NC(C)C)ncc2Cl)c[nH]1)c1cccc(C)c1. The fourth-order valence-corrected chi connectivity index (χ4v) is 3.55. The van der Waals surface area contributed by atoms with Gasteiger partial charge in [0.25, 0.3) is 5.91 Å². The number of nitrogens with one attached hydrogen (secondary N) is 3. The molecule has 174 valence electrons. The molecule has 33 heavy (non-hydrogen) atoms. The molecule has 8 heteroatoms. The number of benzene rings is 1. The molecule has 3 N–H and O–H groups in total. The van der Waals surface area contributed by atoms with Crippen LogP contribution in [0.3, 0.4) is 0 Å². The first kappa shape index (κ1) is 24.3. The number of carbonyl (C=O) groups excluding carboxylic acids is 2. The number of amides is 1. The molecule has 0 aliphatic rings. The van der Waals surface area contributed by atoms with Gasteiger partial charge in [-0.2, -0.15) is 0 Å². The van der Waals surface area contributed by atoms with Crippen molar-refractivity contribution < 1.29 is 14.3 Å². The van der Waals surface area contributed by atoms with Crippen LogP contribution in [0.2, 0.25) is 5.02 Å². The first-order valence-corrected chi connectivity index (χ1v) is 11.3. The topological polar surface area (TPSA) is 96.1 Å². The zero-order valence-electron chi connectivity index (χ0n) is 19.2. The maximum absolute atomic E-state index is 13.0. The number of anilines is 1. The van der Waals surface area contributed by atoms with Crippen LogP contribution in [0.1, 0.15) is 54.8 Å². The molecule has 2 heterocycles. The molecular weight excluding hydrogens is 440 g/mol. The van der Waals surface area contributed by atoms with E-state index in [-0.39, 0.29) is 30.9 Å². The fourth-order valence-electron chi connectivity index (χ4n) is 3.34. The summed E-state index contributed by atoms with van der Waals surface area (Å²) in [5.74, 6) is 0.0714. The van der Waals surface area contributed by atoms with Gasteiger partial charge in [0, 0.05) is 36.0 Å². The minimum Gasteiger partial charge on any atom is -0.463 e. The summed E-state index contributed by atoms with van der Waals surface area (Å²) in [6.07, 6.45) is 3.59. The molecule has 3 rings (SSSR count). The van der Waals surface area contributed by atoms with Gasteiger partial charge in [0.05, 0.1) is 11.1 Å². The molecule has 3 aromatic rings. The van der Waals surface area contributed by atoms with Gasteiger partial charge in [0.15, 0.2) is 0 Å². The molecule has 1 aromatic carbocycles. The van der Waals surface area contributed by atoms with Gasteiger partial charge < -0.3 is 20.4 Å². The van der Waals surface area contributed by atoms with Gasteiger partial charge in [-0.25, -0.2) is 4.98 Å². The van der Waals surface area contributed by atoms with E-state index in [1.54, 1.807) is 25.4 Å². The molecular formula is C25H29ClN4O3. The number of rotatable bonds is 9. The summed E-state index contributed by atoms with van der Waals surface area (Å²) >= 11 is 6.37. The zero-order chi connectivity index (χ0) is 24.0. The van der Waals surface area contributed by atoms with E-state index in [9.17, 15) is 9.59 Å². The Morgan fingerprint density at radius 3 is 2.70 bits per heavy atom. The lowest BCUT2D eigenvalue weighted by Crippen LogP contribution is -2.32. The Morgan fingerprint density at radius 2 is 2.00 bits per heavy atom.